The number of piperazine rings is 1. The van der Waals surface area contributed by atoms with E-state index in [0.29, 0.717) is 11.8 Å². The second kappa shape index (κ2) is 7.24. The Labute approximate surface area is 124 Å². The smallest absolute Gasteiger partial charge is 0.0108 e. The number of hydrogen-bond donors (Lipinski definition) is 1. The van der Waals surface area contributed by atoms with Crippen LogP contribution in [0.5, 0.6) is 0 Å². The molecular formula is C18H30N2. The first-order valence-electron chi connectivity index (χ1n) is 8.13. The summed E-state index contributed by atoms with van der Waals surface area (Å²) in [6.45, 7) is 15.0. The van der Waals surface area contributed by atoms with Crippen LogP contribution in [0, 0.1) is 0 Å². The lowest BCUT2D eigenvalue weighted by molar-refractivity contribution is 0.243. The van der Waals surface area contributed by atoms with Gasteiger partial charge >= 0.3 is 0 Å². The molecule has 0 radical (unpaired) electrons. The van der Waals surface area contributed by atoms with E-state index in [2.05, 4.69) is 56.1 Å². The molecule has 2 rings (SSSR count). The molecule has 1 fully saturated rings. The van der Waals surface area contributed by atoms with Crippen molar-refractivity contribution in [2.75, 3.05) is 32.7 Å². The van der Waals surface area contributed by atoms with Gasteiger partial charge in [0.2, 0.25) is 0 Å². The normalized spacial score (nSPS) is 17.1. The number of nitrogens with one attached hydrogen (secondary N) is 1. The molecule has 0 amide bonds. The fraction of sp³-hybridized carbons (Fsp3) is 0.667. The summed E-state index contributed by atoms with van der Waals surface area (Å²) >= 11 is 0. The Hall–Kier alpha value is -0.860. The quantitative estimate of drug-likeness (QED) is 0.885. The van der Waals surface area contributed by atoms with Gasteiger partial charge in [0.05, 0.1) is 0 Å². The lowest BCUT2D eigenvalue weighted by atomic mass is 9.90. The summed E-state index contributed by atoms with van der Waals surface area (Å²) < 4.78 is 0. The summed E-state index contributed by atoms with van der Waals surface area (Å²) in [6.07, 6.45) is 1.19. The first kappa shape index (κ1) is 15.5. The average molecular weight is 274 g/mol. The van der Waals surface area contributed by atoms with Gasteiger partial charge in [0.25, 0.3) is 0 Å². The minimum atomic E-state index is 0.620. The third kappa shape index (κ3) is 4.07. The molecule has 2 heteroatoms. The highest BCUT2D eigenvalue weighted by atomic mass is 15.2. The molecule has 0 aromatic heterocycles. The maximum absolute atomic E-state index is 3.42. The molecule has 0 spiro atoms. The van der Waals surface area contributed by atoms with E-state index >= 15 is 0 Å². The second-order valence-electron chi connectivity index (χ2n) is 6.61. The highest BCUT2D eigenvalue weighted by molar-refractivity contribution is 5.35. The van der Waals surface area contributed by atoms with Crippen LogP contribution in [0.3, 0.4) is 0 Å². The van der Waals surface area contributed by atoms with Crippen molar-refractivity contribution < 1.29 is 0 Å². The van der Waals surface area contributed by atoms with E-state index in [1.54, 1.807) is 5.56 Å². The van der Waals surface area contributed by atoms with Gasteiger partial charge in [0, 0.05) is 32.7 Å². The Bertz CT molecular complexity index is 417. The predicted octanol–water partition coefficient (Wildman–Crippen LogP) is 3.38. The number of hydrogen-bond acceptors (Lipinski definition) is 2. The van der Waals surface area contributed by atoms with E-state index in [9.17, 15) is 0 Å². The highest BCUT2D eigenvalue weighted by Gasteiger charge is 2.13. The van der Waals surface area contributed by atoms with E-state index in [1.807, 2.05) is 0 Å². The zero-order valence-electron chi connectivity index (χ0n) is 13.6. The van der Waals surface area contributed by atoms with Crippen molar-refractivity contribution >= 4 is 0 Å². The third-order valence-corrected chi connectivity index (χ3v) is 4.36. The molecular weight excluding hydrogens is 244 g/mol. The van der Waals surface area contributed by atoms with Gasteiger partial charge < -0.3 is 10.2 Å². The zero-order chi connectivity index (χ0) is 14.5. The molecule has 1 aliphatic rings. The van der Waals surface area contributed by atoms with E-state index in [4.69, 9.17) is 0 Å². The number of rotatable bonds is 5. The van der Waals surface area contributed by atoms with Crippen LogP contribution in [0.1, 0.15) is 56.2 Å². The number of benzene rings is 1. The summed E-state index contributed by atoms with van der Waals surface area (Å²) in [5.74, 6) is 1.24. The molecule has 1 saturated heterocycles. The van der Waals surface area contributed by atoms with Gasteiger partial charge in [-0.3, -0.25) is 0 Å². The Morgan fingerprint density at radius 2 is 1.75 bits per heavy atom. The zero-order valence-corrected chi connectivity index (χ0v) is 13.6. The lowest BCUT2D eigenvalue weighted by Crippen LogP contribution is -2.44. The molecule has 2 nitrogen and oxygen atoms in total. The Balaban J connectivity index is 2.08. The minimum Gasteiger partial charge on any atom is -0.314 e. The third-order valence-electron chi connectivity index (χ3n) is 4.36. The van der Waals surface area contributed by atoms with E-state index in [-0.39, 0.29) is 0 Å². The van der Waals surface area contributed by atoms with Crippen molar-refractivity contribution in [2.45, 2.75) is 46.0 Å². The van der Waals surface area contributed by atoms with Crippen molar-refractivity contribution in [3.63, 3.8) is 0 Å². The minimum absolute atomic E-state index is 0.620. The van der Waals surface area contributed by atoms with Crippen LogP contribution in [0.2, 0.25) is 0 Å². The summed E-state index contributed by atoms with van der Waals surface area (Å²) in [4.78, 5) is 2.59. The van der Waals surface area contributed by atoms with Crippen molar-refractivity contribution in [3.8, 4) is 0 Å². The molecule has 1 aromatic carbocycles. The largest absolute Gasteiger partial charge is 0.314 e. The van der Waals surface area contributed by atoms with E-state index in [0.717, 1.165) is 13.1 Å². The van der Waals surface area contributed by atoms with Gasteiger partial charge in [-0.15, -0.1) is 0 Å². The van der Waals surface area contributed by atoms with Crippen LogP contribution in [0.15, 0.2) is 18.2 Å². The molecule has 0 atom stereocenters. The van der Waals surface area contributed by atoms with Gasteiger partial charge in [-0.2, -0.15) is 0 Å². The topological polar surface area (TPSA) is 15.3 Å². The monoisotopic (exact) mass is 274 g/mol. The van der Waals surface area contributed by atoms with Crippen LogP contribution in [-0.4, -0.2) is 37.6 Å². The van der Waals surface area contributed by atoms with Gasteiger partial charge in [-0.25, -0.2) is 0 Å². The van der Waals surface area contributed by atoms with Crippen molar-refractivity contribution in [1.82, 2.24) is 10.2 Å². The lowest BCUT2D eigenvalue weighted by Gasteiger charge is -2.27. The Morgan fingerprint density at radius 3 is 2.35 bits per heavy atom. The number of nitrogens with zero attached hydrogens (tertiary/aromatic N) is 1. The molecule has 1 aliphatic heterocycles. The molecule has 0 bridgehead atoms. The molecule has 1 N–H and O–H groups in total. The summed E-state index contributed by atoms with van der Waals surface area (Å²) in [5, 5.41) is 3.42. The molecule has 20 heavy (non-hydrogen) atoms. The van der Waals surface area contributed by atoms with Crippen LogP contribution in [-0.2, 0) is 6.42 Å². The van der Waals surface area contributed by atoms with Gasteiger partial charge in [-0.05, 0) is 34.9 Å². The van der Waals surface area contributed by atoms with E-state index in [1.165, 1.54) is 37.2 Å². The second-order valence-corrected chi connectivity index (χ2v) is 6.61. The molecule has 1 heterocycles. The van der Waals surface area contributed by atoms with Crippen molar-refractivity contribution in [1.29, 1.82) is 0 Å². The summed E-state index contributed by atoms with van der Waals surface area (Å²) in [5.41, 5.74) is 4.57. The van der Waals surface area contributed by atoms with Crippen LogP contribution < -0.4 is 5.32 Å². The van der Waals surface area contributed by atoms with Crippen LogP contribution >= 0.6 is 0 Å². The molecule has 1 aromatic rings. The first-order valence-corrected chi connectivity index (χ1v) is 8.13. The maximum atomic E-state index is 3.42. The van der Waals surface area contributed by atoms with Crippen LogP contribution in [0.25, 0.3) is 0 Å². The summed E-state index contributed by atoms with van der Waals surface area (Å²) in [7, 11) is 0. The Kier molecular flexibility index (Phi) is 5.62. The van der Waals surface area contributed by atoms with Crippen molar-refractivity contribution in [3.05, 3.63) is 34.9 Å². The molecule has 0 saturated carbocycles. The predicted molar refractivity (Wildman–Crippen MR) is 87.6 cm³/mol. The van der Waals surface area contributed by atoms with Gasteiger partial charge in [0.1, 0.15) is 0 Å². The molecule has 0 unspecified atom stereocenters. The van der Waals surface area contributed by atoms with Crippen LogP contribution in [0.4, 0.5) is 0 Å². The van der Waals surface area contributed by atoms with E-state index < -0.39 is 0 Å². The van der Waals surface area contributed by atoms with Gasteiger partial charge in [-0.1, -0.05) is 45.9 Å². The molecule has 0 aliphatic carbocycles. The standard InChI is InChI=1S/C18H30N2/c1-14(2)16-5-6-18(15(3)4)17(13-16)7-10-20-11-8-19-9-12-20/h5-6,13-15,19H,7-12H2,1-4H3. The highest BCUT2D eigenvalue weighted by Crippen LogP contribution is 2.25. The fourth-order valence-electron chi connectivity index (χ4n) is 2.98. The fourth-order valence-corrected chi connectivity index (χ4v) is 2.98. The Morgan fingerprint density at radius 1 is 1.05 bits per heavy atom. The maximum Gasteiger partial charge on any atom is 0.0108 e. The van der Waals surface area contributed by atoms with Gasteiger partial charge in [0.15, 0.2) is 0 Å². The summed E-state index contributed by atoms with van der Waals surface area (Å²) in [6, 6.07) is 7.11. The average Bonchev–Trinajstić information content (AvgIpc) is 2.45. The SMILES string of the molecule is CC(C)c1ccc(C(C)C)c(CCN2CCNCC2)c1. The first-order chi connectivity index (χ1) is 9.58. The van der Waals surface area contributed by atoms with Crippen molar-refractivity contribution in [2.24, 2.45) is 0 Å². The molecule has 112 valence electrons.